The van der Waals surface area contributed by atoms with Crippen molar-refractivity contribution in [2.24, 2.45) is 0 Å². The molecule has 8 heteroatoms. The minimum atomic E-state index is -0.758. The van der Waals surface area contributed by atoms with Gasteiger partial charge in [-0.3, -0.25) is 0 Å². The molecule has 0 atom stereocenters. The molecule has 0 saturated carbocycles. The molecule has 15 heavy (non-hydrogen) atoms. The maximum absolute atomic E-state index is 11.2. The van der Waals surface area contributed by atoms with Crippen LogP contribution in [0.15, 0.2) is 4.42 Å². The van der Waals surface area contributed by atoms with Crippen molar-refractivity contribution >= 4 is 24.2 Å². The predicted molar refractivity (Wildman–Crippen MR) is 51.1 cm³/mol. The second kappa shape index (κ2) is 4.69. The van der Waals surface area contributed by atoms with Gasteiger partial charge in [0.2, 0.25) is 0 Å². The summed E-state index contributed by atoms with van der Waals surface area (Å²) in [6.07, 6.45) is 0. The number of ether oxygens (including phenoxy) is 1. The molecule has 0 radical (unpaired) electrons. The van der Waals surface area contributed by atoms with Gasteiger partial charge in [0.05, 0.1) is 6.61 Å². The highest BCUT2D eigenvalue weighted by molar-refractivity contribution is 7.71. The largest absolute Gasteiger partial charge is 0.459 e. The average molecular weight is 231 g/mol. The van der Waals surface area contributed by atoms with Crippen molar-refractivity contribution < 1.29 is 18.7 Å². The van der Waals surface area contributed by atoms with Crippen molar-refractivity contribution in [1.82, 2.24) is 15.1 Å². The topological polar surface area (TPSA) is 86.4 Å². The Morgan fingerprint density at radius 1 is 1.67 bits per heavy atom. The zero-order valence-corrected chi connectivity index (χ0v) is 8.96. The van der Waals surface area contributed by atoms with Crippen LogP contribution in [0.4, 0.5) is 4.79 Å². The molecular formula is C7H9N3O4S. The summed E-state index contributed by atoms with van der Waals surface area (Å²) in [5, 5.41) is 5.85. The summed E-state index contributed by atoms with van der Waals surface area (Å²) in [5.41, 5.74) is 0. The molecule has 0 bridgehead atoms. The normalized spacial score (nSPS) is 9.73. The van der Waals surface area contributed by atoms with Gasteiger partial charge in [0.1, 0.15) is 0 Å². The molecule has 82 valence electrons. The van der Waals surface area contributed by atoms with E-state index in [-0.39, 0.29) is 17.3 Å². The quantitative estimate of drug-likeness (QED) is 0.591. The molecule has 0 aliphatic carbocycles. The van der Waals surface area contributed by atoms with E-state index in [0.29, 0.717) is 0 Å². The Labute approximate surface area is 90.0 Å². The van der Waals surface area contributed by atoms with Crippen molar-refractivity contribution in [2.75, 3.05) is 13.7 Å². The Balaban J connectivity index is 3.00. The van der Waals surface area contributed by atoms with E-state index < -0.39 is 12.0 Å². The van der Waals surface area contributed by atoms with Crippen LogP contribution in [-0.4, -0.2) is 35.4 Å². The molecule has 1 amide bonds. The first-order valence-electron chi connectivity index (χ1n) is 4.09. The summed E-state index contributed by atoms with van der Waals surface area (Å²) in [7, 11) is 1.41. The van der Waals surface area contributed by atoms with Crippen LogP contribution in [0.1, 0.15) is 17.6 Å². The monoisotopic (exact) mass is 231 g/mol. The molecule has 1 N–H and O–H groups in total. The molecule has 0 unspecified atom stereocenters. The molecule has 0 spiro atoms. The highest BCUT2D eigenvalue weighted by Crippen LogP contribution is 2.01. The third-order valence-electron chi connectivity index (χ3n) is 1.40. The minimum absolute atomic E-state index is 0.188. The molecule has 1 aromatic rings. The molecule has 0 aromatic carbocycles. The Hall–Kier alpha value is -1.70. The third-order valence-corrected chi connectivity index (χ3v) is 1.66. The number of nitrogens with zero attached hydrogens (tertiary/aromatic N) is 2. The predicted octanol–water partition coefficient (Wildman–Crippen LogP) is 0.570. The zero-order chi connectivity index (χ0) is 11.4. The van der Waals surface area contributed by atoms with Crippen LogP contribution in [0.5, 0.6) is 0 Å². The lowest BCUT2D eigenvalue weighted by Gasteiger charge is -1.95. The van der Waals surface area contributed by atoms with Crippen LogP contribution >= 0.6 is 12.2 Å². The minimum Gasteiger partial charge on any atom is -0.459 e. The first-order valence-corrected chi connectivity index (χ1v) is 4.50. The van der Waals surface area contributed by atoms with E-state index in [0.717, 1.165) is 4.68 Å². The Morgan fingerprint density at radius 3 is 2.87 bits per heavy atom. The lowest BCUT2D eigenvalue weighted by atomic mass is 10.7. The smallest absolute Gasteiger partial charge is 0.396 e. The number of aromatic nitrogens is 2. The summed E-state index contributed by atoms with van der Waals surface area (Å²) in [6, 6.07) is -0.584. The highest BCUT2D eigenvalue weighted by Gasteiger charge is 2.18. The number of rotatable bonds is 2. The second-order valence-corrected chi connectivity index (χ2v) is 2.71. The van der Waals surface area contributed by atoms with Gasteiger partial charge in [-0.15, -0.1) is 9.78 Å². The Morgan fingerprint density at radius 2 is 2.33 bits per heavy atom. The van der Waals surface area contributed by atoms with Gasteiger partial charge >= 0.3 is 17.9 Å². The molecular weight excluding hydrogens is 222 g/mol. The molecule has 1 aromatic heterocycles. The van der Waals surface area contributed by atoms with Gasteiger partial charge in [-0.25, -0.2) is 9.59 Å². The first kappa shape index (κ1) is 11.4. The SMILES string of the molecule is CCOC(=O)c1nn(C(=O)NC)c(=S)o1. The summed E-state index contributed by atoms with van der Waals surface area (Å²) in [5.74, 6) is -1.10. The van der Waals surface area contributed by atoms with Crippen LogP contribution < -0.4 is 5.32 Å². The van der Waals surface area contributed by atoms with Crippen LogP contribution in [-0.2, 0) is 4.74 Å². The number of hydrogen-bond donors (Lipinski definition) is 1. The summed E-state index contributed by atoms with van der Waals surface area (Å²) < 4.78 is 10.2. The van der Waals surface area contributed by atoms with Gasteiger partial charge in [0.25, 0.3) is 4.84 Å². The lowest BCUT2D eigenvalue weighted by molar-refractivity contribution is 0.0479. The van der Waals surface area contributed by atoms with E-state index in [4.69, 9.17) is 4.42 Å². The fourth-order valence-electron chi connectivity index (χ4n) is 0.788. The molecule has 0 saturated heterocycles. The van der Waals surface area contributed by atoms with Gasteiger partial charge in [-0.2, -0.15) is 0 Å². The number of nitrogens with one attached hydrogen (secondary N) is 1. The van der Waals surface area contributed by atoms with Crippen molar-refractivity contribution in [3.8, 4) is 0 Å². The van der Waals surface area contributed by atoms with E-state index in [2.05, 4.69) is 27.4 Å². The van der Waals surface area contributed by atoms with E-state index in [1.807, 2.05) is 0 Å². The fourth-order valence-corrected chi connectivity index (χ4v) is 0.990. The number of amides is 1. The van der Waals surface area contributed by atoms with Crippen molar-refractivity contribution in [3.63, 3.8) is 0 Å². The van der Waals surface area contributed by atoms with Crippen molar-refractivity contribution in [1.29, 1.82) is 0 Å². The summed E-state index contributed by atoms with van der Waals surface area (Å²) >= 11 is 4.68. The van der Waals surface area contributed by atoms with Gasteiger partial charge < -0.3 is 14.5 Å². The number of carbonyl (C=O) groups excluding carboxylic acids is 2. The number of esters is 1. The summed E-state index contributed by atoms with van der Waals surface area (Å²) in [6.45, 7) is 1.83. The fraction of sp³-hybridized carbons (Fsp3) is 0.429. The third kappa shape index (κ3) is 2.40. The maximum atomic E-state index is 11.2. The average Bonchev–Trinajstić information content (AvgIpc) is 2.60. The molecule has 0 aliphatic heterocycles. The van der Waals surface area contributed by atoms with Crippen LogP contribution in [0.25, 0.3) is 0 Å². The second-order valence-electron chi connectivity index (χ2n) is 2.36. The van der Waals surface area contributed by atoms with Gasteiger partial charge in [0, 0.05) is 7.05 Å². The first-order chi connectivity index (χ1) is 7.10. The van der Waals surface area contributed by atoms with E-state index in [9.17, 15) is 9.59 Å². The summed E-state index contributed by atoms with van der Waals surface area (Å²) in [4.78, 5) is 22.1. The molecule has 1 rings (SSSR count). The van der Waals surface area contributed by atoms with Gasteiger partial charge in [0.15, 0.2) is 0 Å². The highest BCUT2D eigenvalue weighted by atomic mass is 32.1. The van der Waals surface area contributed by atoms with Crippen LogP contribution in [0.2, 0.25) is 0 Å². The van der Waals surface area contributed by atoms with E-state index in [1.165, 1.54) is 7.05 Å². The molecule has 0 aliphatic rings. The van der Waals surface area contributed by atoms with Gasteiger partial charge in [-0.05, 0) is 19.1 Å². The molecule has 7 nitrogen and oxygen atoms in total. The van der Waals surface area contributed by atoms with Crippen molar-refractivity contribution in [3.05, 3.63) is 10.7 Å². The maximum Gasteiger partial charge on any atom is 0.396 e. The molecule has 0 fully saturated rings. The van der Waals surface area contributed by atoms with E-state index in [1.54, 1.807) is 6.92 Å². The van der Waals surface area contributed by atoms with Crippen molar-refractivity contribution in [2.45, 2.75) is 6.92 Å². The molecule has 1 heterocycles. The lowest BCUT2D eigenvalue weighted by Crippen LogP contribution is -2.26. The number of carbonyl (C=O) groups is 2. The standard InChI is InChI=1S/C7H9N3O4S/c1-3-13-5(11)4-9-10(6(12)8-2)7(15)14-4/h3H2,1-2H3,(H,8,12). The Bertz CT molecular complexity index is 436. The van der Waals surface area contributed by atoms with Crippen LogP contribution in [0.3, 0.4) is 0 Å². The number of hydrogen-bond acceptors (Lipinski definition) is 6. The Kier molecular flexibility index (Phi) is 3.56. The van der Waals surface area contributed by atoms with Crippen LogP contribution in [0, 0.1) is 4.84 Å². The zero-order valence-electron chi connectivity index (χ0n) is 8.14. The van der Waals surface area contributed by atoms with Gasteiger partial charge in [-0.1, -0.05) is 0 Å². The van der Waals surface area contributed by atoms with E-state index >= 15 is 0 Å².